The van der Waals surface area contributed by atoms with Crippen molar-refractivity contribution in [3.63, 3.8) is 0 Å². The van der Waals surface area contributed by atoms with Gasteiger partial charge in [-0.05, 0) is 24.6 Å². The first-order chi connectivity index (χ1) is 9.13. The van der Waals surface area contributed by atoms with Crippen molar-refractivity contribution in [1.82, 2.24) is 10.1 Å². The molecule has 0 bridgehead atoms. The molecule has 1 heterocycles. The fourth-order valence-corrected chi connectivity index (χ4v) is 2.26. The second-order valence-electron chi connectivity index (χ2n) is 4.01. The van der Waals surface area contributed by atoms with Crippen LogP contribution in [0.1, 0.15) is 34.6 Å². The largest absolute Gasteiger partial charge is 0.483 e. The van der Waals surface area contributed by atoms with Crippen molar-refractivity contribution in [1.29, 1.82) is 0 Å². The minimum atomic E-state index is 0.149. The van der Waals surface area contributed by atoms with Gasteiger partial charge < -0.3 is 9.26 Å². The van der Waals surface area contributed by atoms with Crippen LogP contribution >= 0.6 is 15.9 Å². The van der Waals surface area contributed by atoms with Gasteiger partial charge in [-0.1, -0.05) is 28.0 Å². The van der Waals surface area contributed by atoms with Crippen LogP contribution in [0, 0.1) is 6.92 Å². The fourth-order valence-electron chi connectivity index (χ4n) is 1.67. The number of aromatic nitrogens is 2. The van der Waals surface area contributed by atoms with E-state index in [9.17, 15) is 4.79 Å². The maximum absolute atomic E-state index is 11.0. The lowest BCUT2D eigenvalue weighted by Crippen LogP contribution is -2.01. The predicted octanol–water partition coefficient (Wildman–Crippen LogP) is 3.09. The molecule has 0 amide bonds. The standard InChI is InChI=1S/C13H13BrN2O3/c1-3-11-15-12(19-16-11)7-18-13-8(2)4-10(14)5-9(13)6-17/h4-6H,3,7H2,1-2H3. The number of benzene rings is 1. The third-order valence-corrected chi connectivity index (χ3v) is 3.02. The molecule has 100 valence electrons. The molecule has 2 rings (SSSR count). The summed E-state index contributed by atoms with van der Waals surface area (Å²) in [4.78, 5) is 15.2. The second kappa shape index (κ2) is 5.97. The molecule has 0 aliphatic carbocycles. The zero-order valence-electron chi connectivity index (χ0n) is 10.6. The van der Waals surface area contributed by atoms with Gasteiger partial charge in [0.1, 0.15) is 5.75 Å². The molecular weight excluding hydrogens is 312 g/mol. The number of carbonyl (C=O) groups is 1. The highest BCUT2D eigenvalue weighted by Crippen LogP contribution is 2.27. The normalized spacial score (nSPS) is 10.5. The zero-order valence-corrected chi connectivity index (χ0v) is 12.2. The highest BCUT2D eigenvalue weighted by molar-refractivity contribution is 9.10. The van der Waals surface area contributed by atoms with Crippen LogP contribution in [0.4, 0.5) is 0 Å². The van der Waals surface area contributed by atoms with E-state index in [-0.39, 0.29) is 6.61 Å². The third-order valence-electron chi connectivity index (χ3n) is 2.56. The number of hydrogen-bond acceptors (Lipinski definition) is 5. The van der Waals surface area contributed by atoms with E-state index < -0.39 is 0 Å². The van der Waals surface area contributed by atoms with Gasteiger partial charge in [-0.3, -0.25) is 4.79 Å². The minimum Gasteiger partial charge on any atom is -0.483 e. The first kappa shape index (κ1) is 13.7. The average molecular weight is 325 g/mol. The Morgan fingerprint density at radius 2 is 2.26 bits per heavy atom. The quantitative estimate of drug-likeness (QED) is 0.791. The predicted molar refractivity (Wildman–Crippen MR) is 72.3 cm³/mol. The van der Waals surface area contributed by atoms with Crippen LogP contribution in [-0.4, -0.2) is 16.4 Å². The van der Waals surface area contributed by atoms with E-state index in [1.165, 1.54) is 0 Å². The lowest BCUT2D eigenvalue weighted by atomic mass is 10.1. The van der Waals surface area contributed by atoms with E-state index >= 15 is 0 Å². The molecule has 0 spiro atoms. The number of aryl methyl sites for hydroxylation is 2. The lowest BCUT2D eigenvalue weighted by Gasteiger charge is -2.10. The molecule has 0 saturated heterocycles. The maximum Gasteiger partial charge on any atom is 0.264 e. The first-order valence-electron chi connectivity index (χ1n) is 5.83. The number of aldehydes is 1. The Balaban J connectivity index is 2.17. The number of halogens is 1. The number of carbonyl (C=O) groups excluding carboxylic acids is 1. The molecule has 2 aromatic rings. The van der Waals surface area contributed by atoms with E-state index in [4.69, 9.17) is 9.26 Å². The van der Waals surface area contributed by atoms with Crippen molar-refractivity contribution < 1.29 is 14.1 Å². The Hall–Kier alpha value is -1.69. The van der Waals surface area contributed by atoms with Crippen LogP contribution in [0.25, 0.3) is 0 Å². The van der Waals surface area contributed by atoms with Gasteiger partial charge >= 0.3 is 0 Å². The van der Waals surface area contributed by atoms with Crippen LogP contribution in [0.3, 0.4) is 0 Å². The third kappa shape index (κ3) is 3.20. The van der Waals surface area contributed by atoms with E-state index in [1.807, 2.05) is 19.9 Å². The van der Waals surface area contributed by atoms with Crippen molar-refractivity contribution >= 4 is 22.2 Å². The van der Waals surface area contributed by atoms with Crippen LogP contribution in [0.2, 0.25) is 0 Å². The summed E-state index contributed by atoms with van der Waals surface area (Å²) in [7, 11) is 0. The van der Waals surface area contributed by atoms with Crippen molar-refractivity contribution in [2.75, 3.05) is 0 Å². The maximum atomic E-state index is 11.0. The van der Waals surface area contributed by atoms with E-state index in [0.29, 0.717) is 29.4 Å². The van der Waals surface area contributed by atoms with Crippen molar-refractivity contribution in [2.45, 2.75) is 26.9 Å². The molecule has 0 aliphatic heterocycles. The molecule has 0 aliphatic rings. The smallest absolute Gasteiger partial charge is 0.264 e. The summed E-state index contributed by atoms with van der Waals surface area (Å²) in [5.74, 6) is 1.58. The summed E-state index contributed by atoms with van der Waals surface area (Å²) >= 11 is 3.34. The van der Waals surface area contributed by atoms with Crippen LogP contribution in [-0.2, 0) is 13.0 Å². The van der Waals surface area contributed by atoms with E-state index in [2.05, 4.69) is 26.1 Å². The summed E-state index contributed by atoms with van der Waals surface area (Å²) in [6, 6.07) is 3.59. The summed E-state index contributed by atoms with van der Waals surface area (Å²) < 4.78 is 11.5. The van der Waals surface area contributed by atoms with Crippen LogP contribution < -0.4 is 4.74 Å². The Bertz CT molecular complexity index is 596. The van der Waals surface area contributed by atoms with Crippen molar-refractivity contribution in [3.8, 4) is 5.75 Å². The molecule has 1 aromatic heterocycles. The summed E-state index contributed by atoms with van der Waals surface area (Å²) in [6.45, 7) is 3.97. The molecule has 0 saturated carbocycles. The van der Waals surface area contributed by atoms with Gasteiger partial charge in [0.25, 0.3) is 5.89 Å². The summed E-state index contributed by atoms with van der Waals surface area (Å²) in [5, 5.41) is 3.78. The van der Waals surface area contributed by atoms with Gasteiger partial charge in [-0.2, -0.15) is 4.98 Å². The van der Waals surface area contributed by atoms with Crippen LogP contribution in [0.15, 0.2) is 21.1 Å². The molecule has 0 N–H and O–H groups in total. The van der Waals surface area contributed by atoms with Gasteiger partial charge in [0.05, 0.1) is 5.56 Å². The van der Waals surface area contributed by atoms with Gasteiger partial charge in [0.2, 0.25) is 0 Å². The van der Waals surface area contributed by atoms with Crippen molar-refractivity contribution in [2.24, 2.45) is 0 Å². The Morgan fingerprint density at radius 3 is 2.89 bits per heavy atom. The lowest BCUT2D eigenvalue weighted by molar-refractivity contribution is 0.111. The SMILES string of the molecule is CCc1noc(COc2c(C)cc(Br)cc2C=O)n1. The molecule has 1 aromatic carbocycles. The first-order valence-corrected chi connectivity index (χ1v) is 6.63. The number of nitrogens with zero attached hydrogens (tertiary/aromatic N) is 2. The minimum absolute atomic E-state index is 0.149. The topological polar surface area (TPSA) is 65.2 Å². The Morgan fingerprint density at radius 1 is 1.47 bits per heavy atom. The van der Waals surface area contributed by atoms with Crippen molar-refractivity contribution in [3.05, 3.63) is 39.4 Å². The van der Waals surface area contributed by atoms with E-state index in [0.717, 1.165) is 16.3 Å². The highest BCUT2D eigenvalue weighted by Gasteiger charge is 2.11. The van der Waals surface area contributed by atoms with Gasteiger partial charge in [0, 0.05) is 10.9 Å². The fraction of sp³-hybridized carbons (Fsp3) is 0.308. The van der Waals surface area contributed by atoms with E-state index in [1.54, 1.807) is 6.07 Å². The zero-order chi connectivity index (χ0) is 13.8. The summed E-state index contributed by atoms with van der Waals surface area (Å²) in [5.41, 5.74) is 1.36. The molecule has 6 heteroatoms. The molecule has 0 atom stereocenters. The molecule has 0 unspecified atom stereocenters. The van der Waals surface area contributed by atoms with Gasteiger partial charge in [-0.15, -0.1) is 0 Å². The monoisotopic (exact) mass is 324 g/mol. The second-order valence-corrected chi connectivity index (χ2v) is 4.92. The molecule has 0 fully saturated rings. The number of rotatable bonds is 5. The Kier molecular flexibility index (Phi) is 4.31. The molecule has 0 radical (unpaired) electrons. The summed E-state index contributed by atoms with van der Waals surface area (Å²) in [6.07, 6.45) is 1.47. The molecular formula is C13H13BrN2O3. The average Bonchev–Trinajstić information content (AvgIpc) is 2.84. The number of hydrogen-bond donors (Lipinski definition) is 0. The molecule has 5 nitrogen and oxygen atoms in total. The van der Waals surface area contributed by atoms with Crippen LogP contribution in [0.5, 0.6) is 5.75 Å². The van der Waals surface area contributed by atoms with Gasteiger partial charge in [0.15, 0.2) is 18.7 Å². The number of ether oxygens (including phenoxy) is 1. The highest BCUT2D eigenvalue weighted by atomic mass is 79.9. The Labute approximate surface area is 119 Å². The van der Waals surface area contributed by atoms with Gasteiger partial charge in [-0.25, -0.2) is 0 Å². The molecule has 19 heavy (non-hydrogen) atoms.